The standard InChI is InChI=1S/C15H20N2O3S/c1-12-10-14(6-8-20-12)17-7-9-21(18,19)15-4-2-13(11-16)3-5-15/h2-5,12,14,17H,6-10H2,1H3. The number of nitrogens with one attached hydrogen (secondary N) is 1. The minimum absolute atomic E-state index is 0.0602. The molecule has 114 valence electrons. The number of hydrogen-bond donors (Lipinski definition) is 1. The molecule has 0 amide bonds. The Balaban J connectivity index is 1.87. The van der Waals surface area contributed by atoms with Crippen molar-refractivity contribution in [3.05, 3.63) is 29.8 Å². The largest absolute Gasteiger partial charge is 0.378 e. The maximum absolute atomic E-state index is 12.2. The van der Waals surface area contributed by atoms with Gasteiger partial charge in [0.1, 0.15) is 0 Å². The van der Waals surface area contributed by atoms with E-state index in [1.165, 1.54) is 24.3 Å². The van der Waals surface area contributed by atoms with Crippen LogP contribution >= 0.6 is 0 Å². The molecule has 1 aromatic rings. The van der Waals surface area contributed by atoms with Crippen LogP contribution in [0.1, 0.15) is 25.3 Å². The maximum Gasteiger partial charge on any atom is 0.179 e. The molecule has 0 spiro atoms. The lowest BCUT2D eigenvalue weighted by Crippen LogP contribution is -2.40. The SMILES string of the molecule is CC1CC(NCCS(=O)(=O)c2ccc(C#N)cc2)CCO1. The summed E-state index contributed by atoms with van der Waals surface area (Å²) in [6.07, 6.45) is 2.06. The van der Waals surface area contributed by atoms with Crippen LogP contribution in [-0.4, -0.2) is 39.5 Å². The molecule has 6 heteroatoms. The molecular formula is C15H20N2O3S. The molecule has 0 aromatic heterocycles. The van der Waals surface area contributed by atoms with Crippen molar-refractivity contribution < 1.29 is 13.2 Å². The van der Waals surface area contributed by atoms with Gasteiger partial charge in [-0.2, -0.15) is 5.26 Å². The molecule has 1 aliphatic rings. The van der Waals surface area contributed by atoms with E-state index in [0.29, 0.717) is 18.2 Å². The molecule has 1 aromatic carbocycles. The average molecular weight is 308 g/mol. The summed E-state index contributed by atoms with van der Waals surface area (Å²) in [6.45, 7) is 3.18. The molecule has 0 radical (unpaired) electrons. The van der Waals surface area contributed by atoms with E-state index in [9.17, 15) is 8.42 Å². The van der Waals surface area contributed by atoms with Crippen molar-refractivity contribution in [3.8, 4) is 6.07 Å². The van der Waals surface area contributed by atoms with Crippen molar-refractivity contribution in [2.45, 2.75) is 36.8 Å². The number of nitrogens with zero attached hydrogens (tertiary/aromatic N) is 1. The highest BCUT2D eigenvalue weighted by Crippen LogP contribution is 2.14. The molecule has 1 saturated heterocycles. The second kappa shape index (κ2) is 7.03. The first-order valence-corrected chi connectivity index (χ1v) is 8.74. The van der Waals surface area contributed by atoms with Crippen molar-refractivity contribution in [2.24, 2.45) is 0 Å². The van der Waals surface area contributed by atoms with Gasteiger partial charge in [-0.25, -0.2) is 8.42 Å². The average Bonchev–Trinajstić information content (AvgIpc) is 2.47. The van der Waals surface area contributed by atoms with Gasteiger partial charge in [0.2, 0.25) is 0 Å². The molecule has 2 atom stereocenters. The lowest BCUT2D eigenvalue weighted by molar-refractivity contribution is 0.0137. The minimum atomic E-state index is -3.30. The van der Waals surface area contributed by atoms with E-state index in [4.69, 9.17) is 10.00 Å². The Morgan fingerprint density at radius 2 is 2.10 bits per heavy atom. The zero-order valence-electron chi connectivity index (χ0n) is 12.1. The van der Waals surface area contributed by atoms with Crippen LogP contribution in [0.2, 0.25) is 0 Å². The highest BCUT2D eigenvalue weighted by molar-refractivity contribution is 7.91. The van der Waals surface area contributed by atoms with Crippen LogP contribution in [0.15, 0.2) is 29.2 Å². The smallest absolute Gasteiger partial charge is 0.179 e. The highest BCUT2D eigenvalue weighted by atomic mass is 32.2. The number of nitriles is 1. The van der Waals surface area contributed by atoms with Gasteiger partial charge >= 0.3 is 0 Å². The predicted molar refractivity (Wildman–Crippen MR) is 79.6 cm³/mol. The summed E-state index contributed by atoms with van der Waals surface area (Å²) in [5, 5.41) is 12.0. The summed E-state index contributed by atoms with van der Waals surface area (Å²) in [5.74, 6) is 0.0602. The molecule has 0 aliphatic carbocycles. The van der Waals surface area contributed by atoms with Crippen LogP contribution in [0.3, 0.4) is 0 Å². The van der Waals surface area contributed by atoms with Crippen molar-refractivity contribution in [2.75, 3.05) is 18.9 Å². The van der Waals surface area contributed by atoms with E-state index < -0.39 is 9.84 Å². The van der Waals surface area contributed by atoms with Crippen LogP contribution in [0.5, 0.6) is 0 Å². The lowest BCUT2D eigenvalue weighted by Gasteiger charge is -2.28. The Kier molecular flexibility index (Phi) is 5.34. The quantitative estimate of drug-likeness (QED) is 0.891. The van der Waals surface area contributed by atoms with Crippen molar-refractivity contribution in [3.63, 3.8) is 0 Å². The summed E-state index contributed by atoms with van der Waals surface area (Å²) in [5.41, 5.74) is 0.461. The zero-order valence-corrected chi connectivity index (χ0v) is 12.9. The van der Waals surface area contributed by atoms with Gasteiger partial charge in [0.25, 0.3) is 0 Å². The normalized spacial score (nSPS) is 22.7. The third-order valence-electron chi connectivity index (χ3n) is 3.63. The van der Waals surface area contributed by atoms with E-state index >= 15 is 0 Å². The van der Waals surface area contributed by atoms with Gasteiger partial charge in [-0.1, -0.05) is 0 Å². The second-order valence-corrected chi connectivity index (χ2v) is 7.42. The van der Waals surface area contributed by atoms with E-state index in [0.717, 1.165) is 19.4 Å². The van der Waals surface area contributed by atoms with E-state index in [1.807, 2.05) is 13.0 Å². The van der Waals surface area contributed by atoms with Gasteiger partial charge in [0.15, 0.2) is 9.84 Å². The number of sulfone groups is 1. The lowest BCUT2D eigenvalue weighted by atomic mass is 10.0. The molecule has 1 fully saturated rings. The summed E-state index contributed by atoms with van der Waals surface area (Å²) in [7, 11) is -3.30. The number of hydrogen-bond acceptors (Lipinski definition) is 5. The van der Waals surface area contributed by atoms with E-state index in [1.54, 1.807) is 0 Å². The topological polar surface area (TPSA) is 79.2 Å². The molecule has 5 nitrogen and oxygen atoms in total. The van der Waals surface area contributed by atoms with Crippen LogP contribution in [0.25, 0.3) is 0 Å². The summed E-state index contributed by atoms with van der Waals surface area (Å²) in [4.78, 5) is 0.267. The Bertz CT molecular complexity index is 605. The third-order valence-corrected chi connectivity index (χ3v) is 5.36. The first-order valence-electron chi connectivity index (χ1n) is 7.09. The zero-order chi connectivity index (χ0) is 15.3. The molecule has 0 bridgehead atoms. The predicted octanol–water partition coefficient (Wildman–Crippen LogP) is 1.49. The van der Waals surface area contributed by atoms with E-state index in [-0.39, 0.29) is 16.8 Å². The Hall–Kier alpha value is -1.42. The maximum atomic E-state index is 12.2. The molecule has 1 aliphatic heterocycles. The fourth-order valence-corrected chi connectivity index (χ4v) is 3.61. The van der Waals surface area contributed by atoms with Crippen LogP contribution in [0, 0.1) is 11.3 Å². The van der Waals surface area contributed by atoms with Crippen molar-refractivity contribution in [1.82, 2.24) is 5.32 Å². The molecule has 1 N–H and O–H groups in total. The molecule has 1 heterocycles. The highest BCUT2D eigenvalue weighted by Gasteiger charge is 2.20. The Morgan fingerprint density at radius 1 is 1.38 bits per heavy atom. The first kappa shape index (κ1) is 16.0. The summed E-state index contributed by atoms with van der Waals surface area (Å²) < 4.78 is 29.8. The van der Waals surface area contributed by atoms with Gasteiger partial charge in [-0.15, -0.1) is 0 Å². The van der Waals surface area contributed by atoms with Gasteiger partial charge in [0, 0.05) is 19.2 Å². The molecular weight excluding hydrogens is 288 g/mol. The number of ether oxygens (including phenoxy) is 1. The minimum Gasteiger partial charge on any atom is -0.378 e. The summed E-state index contributed by atoms with van der Waals surface area (Å²) in [6, 6.07) is 8.34. The molecule has 2 unspecified atom stereocenters. The van der Waals surface area contributed by atoms with Crippen molar-refractivity contribution in [1.29, 1.82) is 5.26 Å². The van der Waals surface area contributed by atoms with Gasteiger partial charge in [-0.05, 0) is 44.0 Å². The number of benzene rings is 1. The van der Waals surface area contributed by atoms with Crippen LogP contribution in [0.4, 0.5) is 0 Å². The van der Waals surface area contributed by atoms with Crippen LogP contribution < -0.4 is 5.32 Å². The van der Waals surface area contributed by atoms with Crippen LogP contribution in [-0.2, 0) is 14.6 Å². The Morgan fingerprint density at radius 3 is 2.71 bits per heavy atom. The first-order chi connectivity index (χ1) is 10.0. The Labute approximate surface area is 125 Å². The monoisotopic (exact) mass is 308 g/mol. The van der Waals surface area contributed by atoms with Gasteiger partial charge < -0.3 is 10.1 Å². The number of rotatable bonds is 5. The third kappa shape index (κ3) is 4.53. The fraction of sp³-hybridized carbons (Fsp3) is 0.533. The molecule has 2 rings (SSSR count). The fourth-order valence-electron chi connectivity index (χ4n) is 2.44. The molecule has 21 heavy (non-hydrogen) atoms. The van der Waals surface area contributed by atoms with Gasteiger partial charge in [-0.3, -0.25) is 0 Å². The molecule has 0 saturated carbocycles. The second-order valence-electron chi connectivity index (χ2n) is 5.31. The van der Waals surface area contributed by atoms with Gasteiger partial charge in [0.05, 0.1) is 28.4 Å². The van der Waals surface area contributed by atoms with E-state index in [2.05, 4.69) is 5.32 Å². The van der Waals surface area contributed by atoms with Crippen molar-refractivity contribution >= 4 is 9.84 Å². The summed E-state index contributed by atoms with van der Waals surface area (Å²) >= 11 is 0.